The first-order chi connectivity index (χ1) is 13.4. The van der Waals surface area contributed by atoms with E-state index in [2.05, 4.69) is 10.6 Å². The summed E-state index contributed by atoms with van der Waals surface area (Å²) in [5.41, 5.74) is 0.480. The highest BCUT2D eigenvalue weighted by Gasteiger charge is 2.27. The Balaban J connectivity index is 1.49. The Bertz CT molecular complexity index is 822. The number of alkyl halides is 2. The fraction of sp³-hybridized carbons (Fsp3) is 0.333. The molecular weight excluding hydrogens is 411 g/mol. The van der Waals surface area contributed by atoms with Gasteiger partial charge in [-0.2, -0.15) is 8.78 Å². The Morgan fingerprint density at radius 1 is 1.14 bits per heavy atom. The maximum Gasteiger partial charge on any atom is 0.319 e. The maximum atomic E-state index is 12.9. The Kier molecular flexibility index (Phi) is 6.84. The molecule has 1 aromatic carbocycles. The predicted octanol–water partition coefficient (Wildman–Crippen LogP) is 4.63. The van der Waals surface area contributed by atoms with E-state index < -0.39 is 11.8 Å². The highest BCUT2D eigenvalue weighted by molar-refractivity contribution is 7.99. The van der Waals surface area contributed by atoms with Crippen molar-refractivity contribution in [2.45, 2.75) is 29.5 Å². The van der Waals surface area contributed by atoms with Crippen molar-refractivity contribution in [3.8, 4) is 0 Å². The number of hydrogen-bond acceptors (Lipinski definition) is 4. The Morgan fingerprint density at radius 2 is 1.82 bits per heavy atom. The van der Waals surface area contributed by atoms with E-state index in [1.165, 1.54) is 30.3 Å². The van der Waals surface area contributed by atoms with Crippen molar-refractivity contribution in [2.24, 2.45) is 0 Å². The molecule has 150 valence electrons. The molecule has 1 saturated heterocycles. The molecule has 1 fully saturated rings. The molecule has 1 aliphatic rings. The average molecular weight is 429 g/mol. The smallest absolute Gasteiger partial charge is 0.319 e. The van der Waals surface area contributed by atoms with Gasteiger partial charge in [-0.15, -0.1) is 11.3 Å². The van der Waals surface area contributed by atoms with Crippen molar-refractivity contribution in [3.63, 3.8) is 0 Å². The highest BCUT2D eigenvalue weighted by atomic mass is 32.2. The molecule has 2 aromatic rings. The number of thioether (sulfide) groups is 1. The largest absolute Gasteiger partial charge is 0.338 e. The van der Waals surface area contributed by atoms with Gasteiger partial charge in [-0.3, -0.25) is 4.79 Å². The molecule has 0 aliphatic carbocycles. The standard InChI is InChI=1S/C18H18F3N3O2S2/c19-11-1-3-12(4-2-11)22-18(26)23-13-5-8-24(9-6-13)16(25)15-14(7-10-27-15)28-17(20)21/h1-4,7,10,13,17H,5-6,8-9H2,(H2,22,23,26). The van der Waals surface area contributed by atoms with Gasteiger partial charge in [0.25, 0.3) is 11.7 Å². The normalized spacial score (nSPS) is 14.9. The number of piperidine rings is 1. The molecule has 10 heteroatoms. The van der Waals surface area contributed by atoms with Gasteiger partial charge in [0.05, 0.1) is 0 Å². The molecule has 3 rings (SSSR count). The summed E-state index contributed by atoms with van der Waals surface area (Å²) in [6.07, 6.45) is 1.12. The fourth-order valence-electron chi connectivity index (χ4n) is 2.90. The first kappa shape index (κ1) is 20.5. The van der Waals surface area contributed by atoms with Crippen LogP contribution >= 0.6 is 23.1 Å². The number of hydrogen-bond donors (Lipinski definition) is 2. The second kappa shape index (κ2) is 9.33. The highest BCUT2D eigenvalue weighted by Crippen LogP contribution is 2.33. The lowest BCUT2D eigenvalue weighted by molar-refractivity contribution is 0.0710. The summed E-state index contributed by atoms with van der Waals surface area (Å²) in [4.78, 5) is 26.9. The minimum atomic E-state index is -2.57. The maximum absolute atomic E-state index is 12.9. The van der Waals surface area contributed by atoms with Crippen LogP contribution in [0.25, 0.3) is 0 Å². The van der Waals surface area contributed by atoms with Gasteiger partial charge in [0.2, 0.25) is 0 Å². The van der Waals surface area contributed by atoms with Crippen LogP contribution in [-0.2, 0) is 0 Å². The van der Waals surface area contributed by atoms with E-state index >= 15 is 0 Å². The van der Waals surface area contributed by atoms with Crippen LogP contribution in [0.15, 0.2) is 40.6 Å². The van der Waals surface area contributed by atoms with Crippen LogP contribution in [0.1, 0.15) is 22.5 Å². The van der Waals surface area contributed by atoms with Crippen molar-refractivity contribution >= 4 is 40.7 Å². The van der Waals surface area contributed by atoms with E-state index in [4.69, 9.17) is 0 Å². The molecule has 1 aliphatic heterocycles. The minimum Gasteiger partial charge on any atom is -0.338 e. The summed E-state index contributed by atoms with van der Waals surface area (Å²) in [6, 6.07) is 6.46. The number of carbonyl (C=O) groups excluding carboxylic acids is 2. The molecule has 0 saturated carbocycles. The van der Waals surface area contributed by atoms with Gasteiger partial charge in [-0.05, 0) is 48.6 Å². The third kappa shape index (κ3) is 5.41. The zero-order valence-electron chi connectivity index (χ0n) is 14.7. The van der Waals surface area contributed by atoms with Crippen molar-refractivity contribution in [3.05, 3.63) is 46.4 Å². The third-order valence-corrected chi connectivity index (χ3v) is 6.06. The lowest BCUT2D eigenvalue weighted by atomic mass is 10.1. The van der Waals surface area contributed by atoms with Gasteiger partial charge in [0.15, 0.2) is 0 Å². The lowest BCUT2D eigenvalue weighted by Crippen LogP contribution is -2.47. The molecule has 0 radical (unpaired) electrons. The summed E-state index contributed by atoms with van der Waals surface area (Å²) in [7, 11) is 0. The van der Waals surface area contributed by atoms with Crippen LogP contribution in [-0.4, -0.2) is 41.7 Å². The Hall–Kier alpha value is -2.20. The number of carbonyl (C=O) groups is 2. The number of nitrogens with one attached hydrogen (secondary N) is 2. The average Bonchev–Trinajstić information content (AvgIpc) is 3.11. The molecule has 5 nitrogen and oxygen atoms in total. The number of rotatable bonds is 5. The van der Waals surface area contributed by atoms with E-state index in [0.717, 1.165) is 11.3 Å². The number of thiophene rings is 1. The molecule has 0 atom stereocenters. The first-order valence-electron chi connectivity index (χ1n) is 8.57. The number of nitrogens with zero attached hydrogens (tertiary/aromatic N) is 1. The fourth-order valence-corrected chi connectivity index (χ4v) is 4.56. The van der Waals surface area contributed by atoms with Gasteiger partial charge >= 0.3 is 6.03 Å². The molecular formula is C18H18F3N3O2S2. The summed E-state index contributed by atoms with van der Waals surface area (Å²) >= 11 is 1.53. The summed E-state index contributed by atoms with van der Waals surface area (Å²) in [5, 5.41) is 7.09. The Labute approximate surface area is 168 Å². The monoisotopic (exact) mass is 429 g/mol. The van der Waals surface area contributed by atoms with Gasteiger partial charge < -0.3 is 15.5 Å². The van der Waals surface area contributed by atoms with Crippen molar-refractivity contribution in [1.29, 1.82) is 0 Å². The summed E-state index contributed by atoms with van der Waals surface area (Å²) < 4.78 is 38.1. The van der Waals surface area contributed by atoms with E-state index in [0.29, 0.717) is 53.2 Å². The minimum absolute atomic E-state index is 0.109. The van der Waals surface area contributed by atoms with Crippen molar-refractivity contribution < 1.29 is 22.8 Å². The van der Waals surface area contributed by atoms with E-state index in [-0.39, 0.29) is 17.8 Å². The zero-order chi connectivity index (χ0) is 20.1. The zero-order valence-corrected chi connectivity index (χ0v) is 16.3. The van der Waals surface area contributed by atoms with E-state index in [1.54, 1.807) is 10.3 Å². The van der Waals surface area contributed by atoms with Crippen LogP contribution in [0, 0.1) is 5.82 Å². The van der Waals surface area contributed by atoms with Gasteiger partial charge in [-0.25, -0.2) is 9.18 Å². The second-order valence-electron chi connectivity index (χ2n) is 6.16. The van der Waals surface area contributed by atoms with Crippen LogP contribution < -0.4 is 10.6 Å². The molecule has 2 heterocycles. The van der Waals surface area contributed by atoms with Crippen LogP contribution in [0.2, 0.25) is 0 Å². The quantitative estimate of drug-likeness (QED) is 0.682. The molecule has 0 bridgehead atoms. The van der Waals surface area contributed by atoms with E-state index in [9.17, 15) is 22.8 Å². The van der Waals surface area contributed by atoms with Crippen LogP contribution in [0.5, 0.6) is 0 Å². The first-order valence-corrected chi connectivity index (χ1v) is 10.3. The molecule has 0 unspecified atom stereocenters. The topological polar surface area (TPSA) is 61.4 Å². The van der Waals surface area contributed by atoms with Crippen molar-refractivity contribution in [1.82, 2.24) is 10.2 Å². The van der Waals surface area contributed by atoms with E-state index in [1.807, 2.05) is 0 Å². The number of likely N-dealkylation sites (tertiary alicyclic amines) is 1. The molecule has 28 heavy (non-hydrogen) atoms. The molecule has 0 spiro atoms. The molecule has 2 N–H and O–H groups in total. The van der Waals surface area contributed by atoms with Crippen LogP contribution in [0.4, 0.5) is 23.7 Å². The van der Waals surface area contributed by atoms with Gasteiger partial charge in [0, 0.05) is 29.7 Å². The number of halogens is 3. The number of anilines is 1. The van der Waals surface area contributed by atoms with Gasteiger partial charge in [-0.1, -0.05) is 11.8 Å². The molecule has 1 aromatic heterocycles. The predicted molar refractivity (Wildman–Crippen MR) is 104 cm³/mol. The number of urea groups is 1. The number of amides is 3. The van der Waals surface area contributed by atoms with Crippen molar-refractivity contribution in [2.75, 3.05) is 18.4 Å². The number of benzene rings is 1. The van der Waals surface area contributed by atoms with Gasteiger partial charge in [0.1, 0.15) is 10.7 Å². The SMILES string of the molecule is O=C(Nc1ccc(F)cc1)NC1CCN(C(=O)c2sccc2SC(F)F)CC1. The summed E-state index contributed by atoms with van der Waals surface area (Å²) in [6.45, 7) is 0.855. The second-order valence-corrected chi connectivity index (χ2v) is 8.11. The third-order valence-electron chi connectivity index (χ3n) is 4.26. The van der Waals surface area contributed by atoms with Crippen LogP contribution in [0.3, 0.4) is 0 Å². The molecule has 3 amide bonds. The lowest BCUT2D eigenvalue weighted by Gasteiger charge is -2.32. The summed E-state index contributed by atoms with van der Waals surface area (Å²) in [5.74, 6) is -3.22. The Morgan fingerprint density at radius 3 is 2.46 bits per heavy atom.